The predicted molar refractivity (Wildman–Crippen MR) is 102 cm³/mol. The van der Waals surface area contributed by atoms with Crippen molar-refractivity contribution in [3.8, 4) is 17.2 Å². The highest BCUT2D eigenvalue weighted by Crippen LogP contribution is 2.28. The quantitative estimate of drug-likeness (QED) is 0.528. The molecule has 0 aliphatic carbocycles. The minimum atomic E-state index is -4.86. The van der Waals surface area contributed by atoms with Crippen LogP contribution in [0, 0.1) is 11.6 Å². The zero-order valence-corrected chi connectivity index (χ0v) is 17.1. The number of aromatic nitrogens is 3. The summed E-state index contributed by atoms with van der Waals surface area (Å²) in [5.41, 5.74) is -2.45. The Hall–Kier alpha value is -3.90. The van der Waals surface area contributed by atoms with Gasteiger partial charge in [0, 0.05) is 0 Å². The third-order valence-electron chi connectivity index (χ3n) is 4.34. The second-order valence-corrected chi connectivity index (χ2v) is 7.29. The number of carbonyl (C=O) groups is 1. The Bertz CT molecular complexity index is 1210. The van der Waals surface area contributed by atoms with Gasteiger partial charge < -0.3 is 14.6 Å². The van der Waals surface area contributed by atoms with Crippen molar-refractivity contribution in [2.45, 2.75) is 32.4 Å². The van der Waals surface area contributed by atoms with E-state index in [2.05, 4.69) is 9.84 Å². The number of alkyl halides is 3. The molecule has 0 atom stereocenters. The number of carboxylic acid groups (broad SMARTS) is 1. The van der Waals surface area contributed by atoms with Crippen molar-refractivity contribution in [3.05, 3.63) is 70.4 Å². The van der Waals surface area contributed by atoms with E-state index in [0.29, 0.717) is 0 Å². The van der Waals surface area contributed by atoms with Gasteiger partial charge in [-0.05, 0) is 55.8 Å². The van der Waals surface area contributed by atoms with E-state index in [-0.39, 0.29) is 17.8 Å². The molecule has 0 aliphatic rings. The van der Waals surface area contributed by atoms with Crippen molar-refractivity contribution in [1.82, 2.24) is 14.3 Å². The van der Waals surface area contributed by atoms with Crippen LogP contribution in [0.25, 0.3) is 5.69 Å². The lowest BCUT2D eigenvalue weighted by atomic mass is 10.1. The molecule has 0 saturated carbocycles. The highest BCUT2D eigenvalue weighted by Gasteiger charge is 2.32. The van der Waals surface area contributed by atoms with Gasteiger partial charge in [-0.25, -0.2) is 27.6 Å². The number of hydrogen-bond acceptors (Lipinski definition) is 5. The summed E-state index contributed by atoms with van der Waals surface area (Å²) < 4.78 is 76.1. The van der Waals surface area contributed by atoms with Crippen LogP contribution in [0.4, 0.5) is 22.0 Å². The van der Waals surface area contributed by atoms with E-state index < -0.39 is 46.8 Å². The molecule has 13 heteroatoms. The largest absolute Gasteiger partial charge is 0.573 e. The van der Waals surface area contributed by atoms with Gasteiger partial charge in [-0.1, -0.05) is 0 Å². The summed E-state index contributed by atoms with van der Waals surface area (Å²) in [6.07, 6.45) is -3.78. The standard InChI is InChI=1S/C20H16F5N3O5/c1-19(2,17(29)30)33-16-14(21)7-11(8-15(16)22)9-28-18(31)27(10-26-28)12-3-5-13(6-4-12)32-20(23,24)25/h3-8,10H,9H2,1-2H3,(H,29,30). The molecule has 176 valence electrons. The smallest absolute Gasteiger partial charge is 0.478 e. The molecular weight excluding hydrogens is 457 g/mol. The van der Waals surface area contributed by atoms with Crippen LogP contribution in [0.5, 0.6) is 11.5 Å². The number of rotatable bonds is 7. The fourth-order valence-electron chi connectivity index (χ4n) is 2.70. The Morgan fingerprint density at radius 3 is 2.15 bits per heavy atom. The van der Waals surface area contributed by atoms with Crippen LogP contribution in [-0.4, -0.2) is 37.4 Å². The average Bonchev–Trinajstić information content (AvgIpc) is 3.04. The SMILES string of the molecule is CC(C)(Oc1c(F)cc(Cn2ncn(-c3ccc(OC(F)(F)F)cc3)c2=O)cc1F)C(=O)O. The molecule has 1 aromatic heterocycles. The fourth-order valence-corrected chi connectivity index (χ4v) is 2.70. The Balaban J connectivity index is 1.82. The fraction of sp³-hybridized carbons (Fsp3) is 0.250. The Kier molecular flexibility index (Phi) is 6.16. The van der Waals surface area contributed by atoms with Crippen molar-refractivity contribution in [2.24, 2.45) is 0 Å². The van der Waals surface area contributed by atoms with Crippen LogP contribution in [0.1, 0.15) is 19.4 Å². The number of carboxylic acids is 1. The zero-order chi connectivity index (χ0) is 24.6. The van der Waals surface area contributed by atoms with Crippen molar-refractivity contribution < 1.29 is 41.3 Å². The van der Waals surface area contributed by atoms with Crippen LogP contribution < -0.4 is 15.2 Å². The molecule has 33 heavy (non-hydrogen) atoms. The highest BCUT2D eigenvalue weighted by atomic mass is 19.4. The van der Waals surface area contributed by atoms with E-state index in [4.69, 9.17) is 9.84 Å². The Labute approximate surface area is 182 Å². The van der Waals surface area contributed by atoms with E-state index in [1.54, 1.807) is 0 Å². The van der Waals surface area contributed by atoms with Gasteiger partial charge in [-0.2, -0.15) is 5.10 Å². The molecule has 0 amide bonds. The molecule has 0 bridgehead atoms. The first kappa shape index (κ1) is 23.8. The topological polar surface area (TPSA) is 95.6 Å². The van der Waals surface area contributed by atoms with Gasteiger partial charge in [0.05, 0.1) is 12.2 Å². The minimum absolute atomic E-state index is 0.00763. The number of hydrogen-bond donors (Lipinski definition) is 1. The molecule has 1 heterocycles. The second-order valence-electron chi connectivity index (χ2n) is 7.29. The molecule has 0 radical (unpaired) electrons. The van der Waals surface area contributed by atoms with E-state index >= 15 is 0 Å². The monoisotopic (exact) mass is 473 g/mol. The zero-order valence-electron chi connectivity index (χ0n) is 17.1. The van der Waals surface area contributed by atoms with Crippen LogP contribution >= 0.6 is 0 Å². The van der Waals surface area contributed by atoms with Crippen molar-refractivity contribution in [3.63, 3.8) is 0 Å². The Morgan fingerprint density at radius 1 is 1.06 bits per heavy atom. The molecule has 3 aromatic rings. The lowest BCUT2D eigenvalue weighted by Crippen LogP contribution is -2.38. The molecule has 1 N–H and O–H groups in total. The van der Waals surface area contributed by atoms with E-state index in [0.717, 1.165) is 53.7 Å². The molecule has 0 spiro atoms. The van der Waals surface area contributed by atoms with Gasteiger partial charge in [0.1, 0.15) is 12.1 Å². The predicted octanol–water partition coefficient (Wildman–Crippen LogP) is 3.50. The Morgan fingerprint density at radius 2 is 1.64 bits per heavy atom. The minimum Gasteiger partial charge on any atom is -0.478 e. The molecular formula is C20H16F5N3O5. The van der Waals surface area contributed by atoms with Gasteiger partial charge in [0.25, 0.3) is 0 Å². The highest BCUT2D eigenvalue weighted by molar-refractivity contribution is 5.76. The normalized spacial score (nSPS) is 12.0. The number of nitrogens with zero attached hydrogens (tertiary/aromatic N) is 3. The van der Waals surface area contributed by atoms with Crippen molar-refractivity contribution in [2.75, 3.05) is 0 Å². The molecule has 3 rings (SSSR count). The lowest BCUT2D eigenvalue weighted by Gasteiger charge is -2.22. The maximum atomic E-state index is 14.4. The maximum absolute atomic E-state index is 14.4. The molecule has 8 nitrogen and oxygen atoms in total. The van der Waals surface area contributed by atoms with E-state index in [9.17, 15) is 31.5 Å². The summed E-state index contributed by atoms with van der Waals surface area (Å²) in [6.45, 7) is 1.89. The molecule has 0 unspecified atom stereocenters. The number of benzene rings is 2. The number of ether oxygens (including phenoxy) is 2. The summed E-state index contributed by atoms with van der Waals surface area (Å²) in [4.78, 5) is 23.7. The van der Waals surface area contributed by atoms with Gasteiger partial charge in [-0.15, -0.1) is 13.2 Å². The van der Waals surface area contributed by atoms with Gasteiger partial charge in [0.2, 0.25) is 0 Å². The summed E-state index contributed by atoms with van der Waals surface area (Å²) in [7, 11) is 0. The summed E-state index contributed by atoms with van der Waals surface area (Å²) in [5.74, 6) is -5.14. The third-order valence-corrected chi connectivity index (χ3v) is 4.34. The van der Waals surface area contributed by atoms with Crippen LogP contribution in [0.15, 0.2) is 47.5 Å². The summed E-state index contributed by atoms with van der Waals surface area (Å²) in [6, 6.07) is 6.15. The molecule has 0 aliphatic heterocycles. The van der Waals surface area contributed by atoms with Gasteiger partial charge in [0.15, 0.2) is 23.0 Å². The maximum Gasteiger partial charge on any atom is 0.573 e. The molecule has 0 fully saturated rings. The molecule has 0 saturated heterocycles. The van der Waals surface area contributed by atoms with Crippen LogP contribution in [0.3, 0.4) is 0 Å². The first-order chi connectivity index (χ1) is 15.3. The first-order valence-corrected chi connectivity index (χ1v) is 9.18. The molecule has 2 aromatic carbocycles. The van der Waals surface area contributed by atoms with E-state index in [1.807, 2.05) is 0 Å². The van der Waals surface area contributed by atoms with Crippen molar-refractivity contribution >= 4 is 5.97 Å². The van der Waals surface area contributed by atoms with Gasteiger partial charge in [-0.3, -0.25) is 0 Å². The van der Waals surface area contributed by atoms with Gasteiger partial charge >= 0.3 is 18.0 Å². The van der Waals surface area contributed by atoms with Crippen LogP contribution in [-0.2, 0) is 11.3 Å². The summed E-state index contributed by atoms with van der Waals surface area (Å²) in [5, 5.41) is 12.9. The second kappa shape index (κ2) is 8.56. The third kappa shape index (κ3) is 5.48. The lowest BCUT2D eigenvalue weighted by molar-refractivity contribution is -0.274. The summed E-state index contributed by atoms with van der Waals surface area (Å²) >= 11 is 0. The van der Waals surface area contributed by atoms with Crippen LogP contribution in [0.2, 0.25) is 0 Å². The number of aliphatic carboxylic acids is 1. The average molecular weight is 473 g/mol. The number of halogens is 5. The van der Waals surface area contributed by atoms with E-state index in [1.165, 1.54) is 12.1 Å². The first-order valence-electron chi connectivity index (χ1n) is 9.18. The van der Waals surface area contributed by atoms with Crippen molar-refractivity contribution in [1.29, 1.82) is 0 Å².